The second kappa shape index (κ2) is 6.88. The van der Waals surface area contributed by atoms with Crippen LogP contribution in [0, 0.1) is 0 Å². The first-order valence-corrected chi connectivity index (χ1v) is 8.89. The summed E-state index contributed by atoms with van der Waals surface area (Å²) in [4.78, 5) is 28.4. The van der Waals surface area contributed by atoms with E-state index in [-0.39, 0.29) is 19.0 Å². The molecule has 2 heterocycles. The van der Waals surface area contributed by atoms with Gasteiger partial charge in [0, 0.05) is 38.3 Å². The summed E-state index contributed by atoms with van der Waals surface area (Å²) < 4.78 is 14.2. The molecule has 27 heavy (non-hydrogen) atoms. The third-order valence-electron chi connectivity index (χ3n) is 5.17. The number of nitrogens with zero attached hydrogens (tertiary/aromatic N) is 3. The molecule has 9 heteroatoms. The maximum absolute atomic E-state index is 14.2. The first-order valence-electron chi connectivity index (χ1n) is 8.89. The van der Waals surface area contributed by atoms with Gasteiger partial charge in [0.05, 0.1) is 23.5 Å². The van der Waals surface area contributed by atoms with Gasteiger partial charge in [-0.25, -0.2) is 9.18 Å². The Balaban J connectivity index is 1.76. The van der Waals surface area contributed by atoms with Gasteiger partial charge in [-0.1, -0.05) is 0 Å². The van der Waals surface area contributed by atoms with Crippen molar-refractivity contribution in [1.82, 2.24) is 9.80 Å². The molecule has 148 valence electrons. The molecule has 0 unspecified atom stereocenters. The highest BCUT2D eigenvalue weighted by Gasteiger charge is 2.35. The molecule has 0 aliphatic carbocycles. The van der Waals surface area contributed by atoms with Gasteiger partial charge < -0.3 is 30.6 Å². The minimum atomic E-state index is -1.56. The lowest BCUT2D eigenvalue weighted by Gasteiger charge is -2.35. The Kier molecular flexibility index (Phi) is 4.90. The van der Waals surface area contributed by atoms with Gasteiger partial charge in [0.15, 0.2) is 0 Å². The zero-order valence-corrected chi connectivity index (χ0v) is 15.5. The summed E-state index contributed by atoms with van der Waals surface area (Å²) in [5.41, 5.74) is 7.04. The zero-order chi connectivity index (χ0) is 19.9. The number of halogens is 1. The number of nitrogens with two attached hydrogens (primary N) is 1. The number of carbonyl (C=O) groups is 2. The van der Waals surface area contributed by atoms with Gasteiger partial charge in [-0.2, -0.15) is 0 Å². The van der Waals surface area contributed by atoms with Crippen LogP contribution in [-0.2, 0) is 6.54 Å². The quantitative estimate of drug-likeness (QED) is 0.676. The average Bonchev–Trinajstić information content (AvgIpc) is 2.88. The van der Waals surface area contributed by atoms with Crippen molar-refractivity contribution in [2.45, 2.75) is 32.2 Å². The molecule has 4 N–H and O–H groups in total. The van der Waals surface area contributed by atoms with Crippen molar-refractivity contribution < 1.29 is 24.2 Å². The number of hydrogen-bond donors (Lipinski definition) is 3. The van der Waals surface area contributed by atoms with E-state index in [1.54, 1.807) is 12.1 Å². The molecule has 1 atom stereocenters. The van der Waals surface area contributed by atoms with Crippen molar-refractivity contribution >= 4 is 23.4 Å². The molecular weight excluding hydrogens is 355 g/mol. The summed E-state index contributed by atoms with van der Waals surface area (Å²) >= 11 is 0. The molecule has 0 aromatic heterocycles. The number of piperazine rings is 1. The Morgan fingerprint density at radius 3 is 2.48 bits per heavy atom. The van der Waals surface area contributed by atoms with Gasteiger partial charge in [0.2, 0.25) is 0 Å². The van der Waals surface area contributed by atoms with Crippen LogP contribution in [0.1, 0.15) is 29.8 Å². The summed E-state index contributed by atoms with van der Waals surface area (Å²) in [7, 11) is 0. The minimum absolute atomic E-state index is 0.191. The number of rotatable bonds is 4. The molecule has 2 amide bonds. The monoisotopic (exact) mass is 380 g/mol. The van der Waals surface area contributed by atoms with Crippen LogP contribution < -0.4 is 10.6 Å². The van der Waals surface area contributed by atoms with E-state index < -0.39 is 17.9 Å². The molecule has 1 saturated heterocycles. The number of fused-ring (bicyclic) bond motifs is 1. The van der Waals surface area contributed by atoms with E-state index in [0.29, 0.717) is 43.1 Å². The summed E-state index contributed by atoms with van der Waals surface area (Å²) in [5.74, 6) is -0.290. The van der Waals surface area contributed by atoms with Crippen molar-refractivity contribution in [3.8, 4) is 0 Å². The molecule has 3 rings (SSSR count). The Morgan fingerprint density at radius 1 is 1.30 bits per heavy atom. The lowest BCUT2D eigenvalue weighted by atomic mass is 10.0. The van der Waals surface area contributed by atoms with Crippen LogP contribution >= 0.6 is 0 Å². The molecule has 0 spiro atoms. The minimum Gasteiger partial charge on any atom is -0.465 e. The molecule has 0 saturated carbocycles. The molecule has 0 radical (unpaired) electrons. The van der Waals surface area contributed by atoms with Crippen LogP contribution in [0.25, 0.3) is 0 Å². The Labute approximate surface area is 156 Å². The number of benzene rings is 1. The molecule has 1 aromatic rings. The van der Waals surface area contributed by atoms with Crippen LogP contribution in [0.4, 0.5) is 20.6 Å². The smallest absolute Gasteiger partial charge is 0.407 e. The van der Waals surface area contributed by atoms with Crippen molar-refractivity contribution in [2.75, 3.05) is 43.4 Å². The largest absolute Gasteiger partial charge is 0.465 e. The second-order valence-electron chi connectivity index (χ2n) is 7.63. The fraction of sp³-hybridized carbons (Fsp3) is 0.556. The highest BCUT2D eigenvalue weighted by atomic mass is 19.1. The number of alkyl halides is 1. The van der Waals surface area contributed by atoms with Gasteiger partial charge >= 0.3 is 6.09 Å². The Hall–Kier alpha value is -2.55. The summed E-state index contributed by atoms with van der Waals surface area (Å²) in [6.45, 7) is 4.50. The predicted molar refractivity (Wildman–Crippen MR) is 98.6 cm³/mol. The second-order valence-corrected chi connectivity index (χ2v) is 7.63. The van der Waals surface area contributed by atoms with E-state index in [4.69, 9.17) is 10.8 Å². The predicted octanol–water partition coefficient (Wildman–Crippen LogP) is 1.13. The highest BCUT2D eigenvalue weighted by molar-refractivity contribution is 6.00. The molecule has 2 aliphatic heterocycles. The standard InChI is InChI=1S/C18H25FN4O4/c1-18(2,27)15(19)10-23-9-11-7-13(20)14(8-12(11)16(23)24)21-3-5-22(6-4-21)17(25)26/h7-8,15,27H,3-6,9-10,20H2,1-2H3,(H,25,26)/t15-/m1/s1. The fourth-order valence-corrected chi connectivity index (χ4v) is 3.41. The SMILES string of the molecule is CC(C)(O)[C@H](F)CN1Cc2cc(N)c(N3CCN(C(=O)O)CC3)cc2C1=O. The van der Waals surface area contributed by atoms with Crippen molar-refractivity contribution in [2.24, 2.45) is 0 Å². The third-order valence-corrected chi connectivity index (χ3v) is 5.17. The van der Waals surface area contributed by atoms with E-state index in [0.717, 1.165) is 5.56 Å². The number of carbonyl (C=O) groups excluding carboxylic acids is 1. The number of aliphatic hydroxyl groups is 1. The van der Waals surface area contributed by atoms with E-state index in [1.807, 2.05) is 4.90 Å². The lowest BCUT2D eigenvalue weighted by molar-refractivity contribution is -0.0159. The Bertz CT molecular complexity index is 756. The summed E-state index contributed by atoms with van der Waals surface area (Å²) in [6, 6.07) is 3.43. The van der Waals surface area contributed by atoms with Crippen LogP contribution in [-0.4, -0.2) is 76.5 Å². The van der Waals surface area contributed by atoms with E-state index in [9.17, 15) is 19.1 Å². The average molecular weight is 380 g/mol. The first-order chi connectivity index (χ1) is 12.6. The van der Waals surface area contributed by atoms with Gasteiger partial charge in [-0.15, -0.1) is 0 Å². The van der Waals surface area contributed by atoms with E-state index >= 15 is 0 Å². The highest BCUT2D eigenvalue weighted by Crippen LogP contribution is 2.33. The van der Waals surface area contributed by atoms with Gasteiger partial charge in [0.1, 0.15) is 6.17 Å². The first kappa shape index (κ1) is 19.2. The van der Waals surface area contributed by atoms with Gasteiger partial charge in [0.25, 0.3) is 5.91 Å². The molecule has 2 aliphatic rings. The number of hydrogen-bond acceptors (Lipinski definition) is 5. The maximum Gasteiger partial charge on any atom is 0.407 e. The molecular formula is C18H25FN4O4. The number of anilines is 2. The number of carboxylic acid groups (broad SMARTS) is 1. The van der Waals surface area contributed by atoms with Crippen LogP contribution in [0.2, 0.25) is 0 Å². The molecule has 8 nitrogen and oxygen atoms in total. The van der Waals surface area contributed by atoms with Gasteiger partial charge in [-0.05, 0) is 31.5 Å². The fourth-order valence-electron chi connectivity index (χ4n) is 3.41. The van der Waals surface area contributed by atoms with Crippen molar-refractivity contribution in [3.05, 3.63) is 23.3 Å². The Morgan fingerprint density at radius 2 is 1.93 bits per heavy atom. The zero-order valence-electron chi connectivity index (χ0n) is 15.5. The summed E-state index contributed by atoms with van der Waals surface area (Å²) in [6.07, 6.45) is -2.51. The van der Waals surface area contributed by atoms with E-state index in [2.05, 4.69) is 0 Å². The van der Waals surface area contributed by atoms with Crippen molar-refractivity contribution in [1.29, 1.82) is 0 Å². The molecule has 1 aromatic carbocycles. The molecule has 0 bridgehead atoms. The topological polar surface area (TPSA) is 110 Å². The number of amides is 2. The van der Waals surface area contributed by atoms with Crippen LogP contribution in [0.15, 0.2) is 12.1 Å². The number of nitrogen functional groups attached to an aromatic ring is 1. The third kappa shape index (κ3) is 3.78. The van der Waals surface area contributed by atoms with Crippen LogP contribution in [0.3, 0.4) is 0 Å². The van der Waals surface area contributed by atoms with E-state index in [1.165, 1.54) is 23.6 Å². The summed E-state index contributed by atoms with van der Waals surface area (Å²) in [5, 5.41) is 18.8. The van der Waals surface area contributed by atoms with Gasteiger partial charge in [-0.3, -0.25) is 4.79 Å². The maximum atomic E-state index is 14.2. The molecule has 1 fully saturated rings. The van der Waals surface area contributed by atoms with Crippen LogP contribution in [0.5, 0.6) is 0 Å². The van der Waals surface area contributed by atoms with Crippen molar-refractivity contribution in [3.63, 3.8) is 0 Å². The lowest BCUT2D eigenvalue weighted by Crippen LogP contribution is -2.48. The normalized spacial score (nSPS) is 18.7.